The highest BCUT2D eigenvalue weighted by Gasteiger charge is 2.19. The third-order valence-corrected chi connectivity index (χ3v) is 4.13. The number of carbonyl (C=O) groups excluding carboxylic acids is 1. The van der Waals surface area contributed by atoms with Crippen LogP contribution in [0.25, 0.3) is 0 Å². The van der Waals surface area contributed by atoms with Crippen LogP contribution in [0.1, 0.15) is 18.5 Å². The molecule has 1 unspecified atom stereocenters. The van der Waals surface area contributed by atoms with Gasteiger partial charge >= 0.3 is 0 Å². The number of anilines is 1. The summed E-state index contributed by atoms with van der Waals surface area (Å²) in [5.74, 6) is -0.266. The van der Waals surface area contributed by atoms with Gasteiger partial charge < -0.3 is 14.8 Å². The Morgan fingerprint density at radius 3 is 2.46 bits per heavy atom. The van der Waals surface area contributed by atoms with Gasteiger partial charge in [0.1, 0.15) is 11.6 Å². The summed E-state index contributed by atoms with van der Waals surface area (Å²) in [6, 6.07) is 7.84. The molecule has 0 aliphatic heterocycles. The first-order chi connectivity index (χ1) is 12.3. The molecular formula is C19H22F2N2O3. The molecule has 0 saturated carbocycles. The summed E-state index contributed by atoms with van der Waals surface area (Å²) in [7, 11) is 4.70. The fourth-order valence-corrected chi connectivity index (χ4v) is 2.55. The molecule has 0 spiro atoms. The Labute approximate surface area is 151 Å². The Hall–Kier alpha value is -2.67. The van der Waals surface area contributed by atoms with E-state index in [4.69, 9.17) is 9.47 Å². The Morgan fingerprint density at radius 2 is 1.81 bits per heavy atom. The summed E-state index contributed by atoms with van der Waals surface area (Å²) in [6.07, 6.45) is 0. The molecule has 0 aliphatic carbocycles. The molecular weight excluding hydrogens is 342 g/mol. The zero-order valence-electron chi connectivity index (χ0n) is 15.2. The normalized spacial score (nSPS) is 12.0. The number of rotatable bonds is 7. The molecule has 0 bridgehead atoms. The number of nitrogens with zero attached hydrogens (tertiary/aromatic N) is 1. The summed E-state index contributed by atoms with van der Waals surface area (Å²) in [6.45, 7) is 1.72. The summed E-state index contributed by atoms with van der Waals surface area (Å²) < 4.78 is 37.6. The van der Waals surface area contributed by atoms with Crippen LogP contribution in [0.2, 0.25) is 0 Å². The minimum Gasteiger partial charge on any atom is -0.493 e. The van der Waals surface area contributed by atoms with E-state index in [1.54, 1.807) is 37.1 Å². The SMILES string of the molecule is COc1ccc(NC(=O)CN(C)C(C)c2cc(F)ccc2F)cc1OC. The average Bonchev–Trinajstić information content (AvgIpc) is 2.62. The fraction of sp³-hybridized carbons (Fsp3) is 0.316. The highest BCUT2D eigenvalue weighted by molar-refractivity contribution is 5.92. The van der Waals surface area contributed by atoms with Gasteiger partial charge in [-0.2, -0.15) is 0 Å². The summed E-state index contributed by atoms with van der Waals surface area (Å²) >= 11 is 0. The Kier molecular flexibility index (Phi) is 6.52. The van der Waals surface area contributed by atoms with Gasteiger partial charge in [-0.3, -0.25) is 9.69 Å². The second-order valence-electron chi connectivity index (χ2n) is 5.87. The molecule has 140 valence electrons. The topological polar surface area (TPSA) is 50.8 Å². The molecule has 2 aromatic carbocycles. The molecule has 0 saturated heterocycles. The maximum Gasteiger partial charge on any atom is 0.238 e. The van der Waals surface area contributed by atoms with Crippen LogP contribution in [0.5, 0.6) is 11.5 Å². The zero-order valence-corrected chi connectivity index (χ0v) is 15.2. The number of ether oxygens (including phenoxy) is 2. The van der Waals surface area contributed by atoms with E-state index in [2.05, 4.69) is 5.32 Å². The third-order valence-electron chi connectivity index (χ3n) is 4.13. The van der Waals surface area contributed by atoms with Crippen LogP contribution in [0, 0.1) is 11.6 Å². The van der Waals surface area contributed by atoms with E-state index < -0.39 is 17.7 Å². The number of hydrogen-bond acceptors (Lipinski definition) is 4. The molecule has 1 atom stereocenters. The van der Waals surface area contributed by atoms with Gasteiger partial charge in [0.05, 0.1) is 20.8 Å². The van der Waals surface area contributed by atoms with Gasteiger partial charge in [0, 0.05) is 23.4 Å². The lowest BCUT2D eigenvalue weighted by atomic mass is 10.1. The first kappa shape index (κ1) is 19.7. The van der Waals surface area contributed by atoms with Crippen molar-refractivity contribution in [3.63, 3.8) is 0 Å². The van der Waals surface area contributed by atoms with Gasteiger partial charge in [0.2, 0.25) is 5.91 Å². The van der Waals surface area contributed by atoms with Crippen LogP contribution in [0.4, 0.5) is 14.5 Å². The molecule has 5 nitrogen and oxygen atoms in total. The van der Waals surface area contributed by atoms with Crippen molar-refractivity contribution < 1.29 is 23.0 Å². The summed E-state index contributed by atoms with van der Waals surface area (Å²) in [5.41, 5.74) is 0.747. The smallest absolute Gasteiger partial charge is 0.238 e. The molecule has 7 heteroatoms. The molecule has 0 fully saturated rings. The first-order valence-electron chi connectivity index (χ1n) is 8.02. The lowest BCUT2D eigenvalue weighted by Gasteiger charge is -2.25. The van der Waals surface area contributed by atoms with Crippen molar-refractivity contribution in [1.82, 2.24) is 4.90 Å². The van der Waals surface area contributed by atoms with Crippen molar-refractivity contribution in [3.05, 3.63) is 53.6 Å². The molecule has 0 aromatic heterocycles. The summed E-state index contributed by atoms with van der Waals surface area (Å²) in [4.78, 5) is 13.9. The van der Waals surface area contributed by atoms with Crippen LogP contribution in [0.15, 0.2) is 36.4 Å². The Balaban J connectivity index is 2.04. The van der Waals surface area contributed by atoms with Crippen molar-refractivity contribution >= 4 is 11.6 Å². The van der Waals surface area contributed by atoms with Gasteiger partial charge in [-0.05, 0) is 44.3 Å². The van der Waals surface area contributed by atoms with E-state index in [0.29, 0.717) is 17.2 Å². The Bertz CT molecular complexity index is 783. The lowest BCUT2D eigenvalue weighted by Crippen LogP contribution is -2.32. The lowest BCUT2D eigenvalue weighted by molar-refractivity contribution is -0.117. The van der Waals surface area contributed by atoms with Crippen molar-refractivity contribution in [1.29, 1.82) is 0 Å². The predicted octanol–water partition coefficient (Wildman–Crippen LogP) is 3.61. The number of methoxy groups -OCH3 is 2. The molecule has 2 aromatic rings. The quantitative estimate of drug-likeness (QED) is 0.815. The average molecular weight is 364 g/mol. The van der Waals surface area contributed by atoms with Crippen LogP contribution < -0.4 is 14.8 Å². The van der Waals surface area contributed by atoms with Crippen molar-refractivity contribution in [2.24, 2.45) is 0 Å². The molecule has 2 rings (SSSR count). The van der Waals surface area contributed by atoms with Crippen LogP contribution in [0.3, 0.4) is 0 Å². The molecule has 26 heavy (non-hydrogen) atoms. The monoisotopic (exact) mass is 364 g/mol. The molecule has 1 N–H and O–H groups in total. The number of nitrogens with one attached hydrogen (secondary N) is 1. The number of likely N-dealkylation sites (N-methyl/N-ethyl adjacent to an activating group) is 1. The minimum absolute atomic E-state index is 0.00542. The highest BCUT2D eigenvalue weighted by atomic mass is 19.1. The van der Waals surface area contributed by atoms with Gasteiger partial charge in [0.15, 0.2) is 11.5 Å². The van der Waals surface area contributed by atoms with Gasteiger partial charge in [-0.15, -0.1) is 0 Å². The van der Waals surface area contributed by atoms with E-state index in [9.17, 15) is 13.6 Å². The highest BCUT2D eigenvalue weighted by Crippen LogP contribution is 2.29. The van der Waals surface area contributed by atoms with Gasteiger partial charge in [0.25, 0.3) is 0 Å². The Morgan fingerprint density at radius 1 is 1.12 bits per heavy atom. The number of halogens is 2. The van der Waals surface area contributed by atoms with E-state index in [1.807, 2.05) is 0 Å². The van der Waals surface area contributed by atoms with E-state index in [0.717, 1.165) is 18.2 Å². The molecule has 0 aliphatic rings. The second-order valence-corrected chi connectivity index (χ2v) is 5.87. The van der Waals surface area contributed by atoms with Crippen molar-refractivity contribution in [3.8, 4) is 11.5 Å². The van der Waals surface area contributed by atoms with Gasteiger partial charge in [-0.25, -0.2) is 8.78 Å². The van der Waals surface area contributed by atoms with Gasteiger partial charge in [-0.1, -0.05) is 0 Å². The van der Waals surface area contributed by atoms with Crippen molar-refractivity contribution in [2.75, 3.05) is 33.1 Å². The predicted molar refractivity (Wildman–Crippen MR) is 95.6 cm³/mol. The van der Waals surface area contributed by atoms with Crippen molar-refractivity contribution in [2.45, 2.75) is 13.0 Å². The maximum atomic E-state index is 13.9. The number of hydrogen-bond donors (Lipinski definition) is 1. The van der Waals surface area contributed by atoms with E-state index in [1.165, 1.54) is 14.2 Å². The maximum absolute atomic E-state index is 13.9. The minimum atomic E-state index is -0.517. The van der Waals surface area contributed by atoms with Crippen LogP contribution in [-0.4, -0.2) is 38.6 Å². The number of carbonyl (C=O) groups is 1. The van der Waals surface area contributed by atoms with E-state index >= 15 is 0 Å². The molecule has 0 heterocycles. The second kappa shape index (κ2) is 8.62. The summed E-state index contributed by atoms with van der Waals surface area (Å²) in [5, 5.41) is 2.75. The standard InChI is InChI=1S/C19H22F2N2O3/c1-12(15-9-13(20)5-7-16(15)21)23(2)11-19(24)22-14-6-8-17(25-3)18(10-14)26-4/h5-10,12H,11H2,1-4H3,(H,22,24). The van der Waals surface area contributed by atoms with E-state index in [-0.39, 0.29) is 18.0 Å². The first-order valence-corrected chi connectivity index (χ1v) is 8.02. The molecule has 1 amide bonds. The van der Waals surface area contributed by atoms with Crippen LogP contribution >= 0.6 is 0 Å². The molecule has 0 radical (unpaired) electrons. The largest absolute Gasteiger partial charge is 0.493 e. The van der Waals surface area contributed by atoms with Crippen LogP contribution in [-0.2, 0) is 4.79 Å². The fourth-order valence-electron chi connectivity index (χ4n) is 2.55. The number of amides is 1. The number of benzene rings is 2. The zero-order chi connectivity index (χ0) is 19.3. The third kappa shape index (κ3) is 4.70.